The van der Waals surface area contributed by atoms with E-state index in [9.17, 15) is 0 Å². The van der Waals surface area contributed by atoms with Crippen LogP contribution in [0.1, 0.15) is 11.3 Å². The van der Waals surface area contributed by atoms with E-state index in [1.807, 2.05) is 31.2 Å². The molecule has 0 atom stereocenters. The third-order valence-electron chi connectivity index (χ3n) is 2.37. The monoisotopic (exact) mass is 255 g/mol. The van der Waals surface area contributed by atoms with Gasteiger partial charge in [0.25, 0.3) is 0 Å². The molecular formula is C11H11Cl2N3. The second kappa shape index (κ2) is 4.36. The minimum Gasteiger partial charge on any atom is -0.382 e. The van der Waals surface area contributed by atoms with Crippen LogP contribution in [0.2, 0.25) is 10.0 Å². The lowest BCUT2D eigenvalue weighted by Crippen LogP contribution is -2.05. The number of nitrogens with two attached hydrogens (primary N) is 1. The Hall–Kier alpha value is -1.19. The van der Waals surface area contributed by atoms with E-state index in [1.54, 1.807) is 4.68 Å². The fraction of sp³-hybridized carbons (Fsp3) is 0.182. The standard InChI is InChI=1S/C11H11Cl2N3/c1-7-5-11(14)15-16(7)6-8-9(12)3-2-4-10(8)13/h2-5H,6H2,1H3,(H2,14,15). The topological polar surface area (TPSA) is 43.8 Å². The molecule has 2 N–H and O–H groups in total. The van der Waals surface area contributed by atoms with Crippen LogP contribution in [0.4, 0.5) is 5.82 Å². The summed E-state index contributed by atoms with van der Waals surface area (Å²) in [5.74, 6) is 0.501. The number of benzene rings is 1. The van der Waals surface area contributed by atoms with Crippen molar-refractivity contribution >= 4 is 29.0 Å². The molecule has 0 amide bonds. The molecule has 0 unspecified atom stereocenters. The molecule has 0 aliphatic carbocycles. The van der Waals surface area contributed by atoms with Gasteiger partial charge in [-0.05, 0) is 19.1 Å². The Labute approximate surface area is 104 Å². The van der Waals surface area contributed by atoms with Crippen LogP contribution in [0.3, 0.4) is 0 Å². The van der Waals surface area contributed by atoms with E-state index in [0.29, 0.717) is 22.4 Å². The number of hydrogen-bond donors (Lipinski definition) is 1. The first-order valence-electron chi connectivity index (χ1n) is 4.81. The lowest BCUT2D eigenvalue weighted by atomic mass is 10.2. The fourth-order valence-electron chi connectivity index (χ4n) is 1.53. The van der Waals surface area contributed by atoms with Gasteiger partial charge in [0.15, 0.2) is 0 Å². The number of anilines is 1. The highest BCUT2D eigenvalue weighted by molar-refractivity contribution is 6.35. The SMILES string of the molecule is Cc1cc(N)nn1Cc1c(Cl)cccc1Cl. The average molecular weight is 256 g/mol. The lowest BCUT2D eigenvalue weighted by molar-refractivity contribution is 0.668. The molecule has 5 heteroatoms. The molecule has 0 radical (unpaired) electrons. The van der Waals surface area contributed by atoms with E-state index in [1.165, 1.54) is 0 Å². The number of hydrogen-bond acceptors (Lipinski definition) is 2. The molecule has 84 valence electrons. The maximum Gasteiger partial charge on any atom is 0.145 e. The summed E-state index contributed by atoms with van der Waals surface area (Å²) < 4.78 is 1.78. The third-order valence-corrected chi connectivity index (χ3v) is 3.08. The highest BCUT2D eigenvalue weighted by Gasteiger charge is 2.08. The summed E-state index contributed by atoms with van der Waals surface area (Å²) in [6.07, 6.45) is 0. The van der Waals surface area contributed by atoms with Crippen molar-refractivity contribution in [3.05, 3.63) is 45.6 Å². The molecule has 0 aliphatic heterocycles. The molecule has 0 saturated heterocycles. The fourth-order valence-corrected chi connectivity index (χ4v) is 2.05. The highest BCUT2D eigenvalue weighted by Crippen LogP contribution is 2.25. The molecule has 1 aromatic carbocycles. The number of aryl methyl sites for hydroxylation is 1. The Balaban J connectivity index is 2.37. The smallest absolute Gasteiger partial charge is 0.145 e. The number of halogens is 2. The van der Waals surface area contributed by atoms with Crippen molar-refractivity contribution in [2.75, 3.05) is 5.73 Å². The van der Waals surface area contributed by atoms with Crippen LogP contribution in [0, 0.1) is 6.92 Å². The minimum atomic E-state index is 0.501. The Bertz CT molecular complexity index is 500. The van der Waals surface area contributed by atoms with Gasteiger partial charge < -0.3 is 5.73 Å². The Morgan fingerprint density at radius 1 is 1.31 bits per heavy atom. The molecule has 0 fully saturated rings. The van der Waals surface area contributed by atoms with E-state index >= 15 is 0 Å². The molecule has 2 aromatic rings. The molecule has 3 nitrogen and oxygen atoms in total. The maximum absolute atomic E-state index is 6.08. The summed E-state index contributed by atoms with van der Waals surface area (Å²) in [6, 6.07) is 7.25. The van der Waals surface area contributed by atoms with Gasteiger partial charge in [0.1, 0.15) is 5.82 Å². The quantitative estimate of drug-likeness (QED) is 0.897. The summed E-state index contributed by atoms with van der Waals surface area (Å²) in [4.78, 5) is 0. The molecule has 2 rings (SSSR count). The second-order valence-electron chi connectivity index (χ2n) is 3.57. The highest BCUT2D eigenvalue weighted by atomic mass is 35.5. The Kier molecular flexibility index (Phi) is 3.08. The summed E-state index contributed by atoms with van der Waals surface area (Å²) in [6.45, 7) is 2.47. The third kappa shape index (κ3) is 2.15. The molecule has 0 aliphatic rings. The first kappa shape index (κ1) is 11.3. The van der Waals surface area contributed by atoms with Gasteiger partial charge in [-0.25, -0.2) is 0 Å². The summed E-state index contributed by atoms with van der Waals surface area (Å²) in [5, 5.41) is 5.44. The molecule has 0 saturated carbocycles. The van der Waals surface area contributed by atoms with Crippen LogP contribution in [-0.4, -0.2) is 9.78 Å². The summed E-state index contributed by atoms with van der Waals surface area (Å²) in [5.41, 5.74) is 7.45. The van der Waals surface area contributed by atoms with Crippen LogP contribution in [-0.2, 0) is 6.54 Å². The molecular weight excluding hydrogens is 245 g/mol. The molecule has 1 aromatic heterocycles. The number of aromatic nitrogens is 2. The van der Waals surface area contributed by atoms with Crippen molar-refractivity contribution in [2.24, 2.45) is 0 Å². The van der Waals surface area contributed by atoms with Crippen molar-refractivity contribution in [3.63, 3.8) is 0 Å². The van der Waals surface area contributed by atoms with Gasteiger partial charge in [-0.3, -0.25) is 4.68 Å². The van der Waals surface area contributed by atoms with Crippen LogP contribution in [0.5, 0.6) is 0 Å². The maximum atomic E-state index is 6.08. The normalized spacial score (nSPS) is 10.7. The van der Waals surface area contributed by atoms with Crippen LogP contribution in [0.25, 0.3) is 0 Å². The molecule has 0 spiro atoms. The molecule has 1 heterocycles. The lowest BCUT2D eigenvalue weighted by Gasteiger charge is -2.08. The van der Waals surface area contributed by atoms with E-state index in [-0.39, 0.29) is 0 Å². The average Bonchev–Trinajstić information content (AvgIpc) is 2.51. The molecule has 0 bridgehead atoms. The van der Waals surface area contributed by atoms with Gasteiger partial charge in [-0.2, -0.15) is 5.10 Å². The number of nitrogens with zero attached hydrogens (tertiary/aromatic N) is 2. The van der Waals surface area contributed by atoms with Gasteiger partial charge in [-0.1, -0.05) is 29.3 Å². The largest absolute Gasteiger partial charge is 0.382 e. The van der Waals surface area contributed by atoms with Gasteiger partial charge in [0.05, 0.1) is 6.54 Å². The van der Waals surface area contributed by atoms with Gasteiger partial charge >= 0.3 is 0 Å². The zero-order chi connectivity index (χ0) is 11.7. The van der Waals surface area contributed by atoms with Crippen LogP contribution in [0.15, 0.2) is 24.3 Å². The van der Waals surface area contributed by atoms with Crippen molar-refractivity contribution in [1.29, 1.82) is 0 Å². The van der Waals surface area contributed by atoms with E-state index in [2.05, 4.69) is 5.10 Å². The van der Waals surface area contributed by atoms with Gasteiger partial charge in [-0.15, -0.1) is 0 Å². The first-order valence-corrected chi connectivity index (χ1v) is 5.56. The predicted octanol–water partition coefficient (Wildman–Crippen LogP) is 3.13. The Morgan fingerprint density at radius 3 is 2.44 bits per heavy atom. The second-order valence-corrected chi connectivity index (χ2v) is 4.38. The Morgan fingerprint density at radius 2 is 1.94 bits per heavy atom. The van der Waals surface area contributed by atoms with Crippen LogP contribution >= 0.6 is 23.2 Å². The van der Waals surface area contributed by atoms with E-state index in [4.69, 9.17) is 28.9 Å². The van der Waals surface area contributed by atoms with Crippen LogP contribution < -0.4 is 5.73 Å². The van der Waals surface area contributed by atoms with Crippen molar-refractivity contribution < 1.29 is 0 Å². The summed E-state index contributed by atoms with van der Waals surface area (Å²) >= 11 is 12.2. The van der Waals surface area contributed by atoms with Crippen molar-refractivity contribution in [3.8, 4) is 0 Å². The first-order chi connectivity index (χ1) is 7.58. The van der Waals surface area contributed by atoms with E-state index < -0.39 is 0 Å². The minimum absolute atomic E-state index is 0.501. The predicted molar refractivity (Wildman–Crippen MR) is 66.9 cm³/mol. The zero-order valence-corrected chi connectivity index (χ0v) is 10.3. The van der Waals surface area contributed by atoms with E-state index in [0.717, 1.165) is 11.3 Å². The van der Waals surface area contributed by atoms with Crippen molar-refractivity contribution in [1.82, 2.24) is 9.78 Å². The zero-order valence-electron chi connectivity index (χ0n) is 8.74. The molecule has 16 heavy (non-hydrogen) atoms. The van der Waals surface area contributed by atoms with Gasteiger partial charge in [0, 0.05) is 27.4 Å². The van der Waals surface area contributed by atoms with Crippen molar-refractivity contribution in [2.45, 2.75) is 13.5 Å². The number of rotatable bonds is 2. The van der Waals surface area contributed by atoms with Gasteiger partial charge in [0.2, 0.25) is 0 Å². The number of nitrogen functional groups attached to an aromatic ring is 1. The summed E-state index contributed by atoms with van der Waals surface area (Å²) in [7, 11) is 0.